The van der Waals surface area contributed by atoms with E-state index in [0.29, 0.717) is 12.0 Å². The van der Waals surface area contributed by atoms with Gasteiger partial charge in [0, 0.05) is 37.0 Å². The van der Waals surface area contributed by atoms with Crippen molar-refractivity contribution in [1.29, 1.82) is 0 Å². The van der Waals surface area contributed by atoms with Crippen LogP contribution in [0.15, 0.2) is 30.6 Å². The maximum Gasteiger partial charge on any atom is 0.126 e. The van der Waals surface area contributed by atoms with E-state index in [1.54, 1.807) is 12.3 Å². The van der Waals surface area contributed by atoms with Gasteiger partial charge in [-0.3, -0.25) is 0 Å². The third kappa shape index (κ3) is 2.64. The van der Waals surface area contributed by atoms with E-state index in [2.05, 4.69) is 11.9 Å². The Balaban J connectivity index is 2.22. The summed E-state index contributed by atoms with van der Waals surface area (Å²) < 4.78 is 14.9. The van der Waals surface area contributed by atoms with Crippen LogP contribution in [0, 0.1) is 5.82 Å². The number of benzene rings is 1. The van der Waals surface area contributed by atoms with Crippen molar-refractivity contribution >= 4 is 0 Å². The lowest BCUT2D eigenvalue weighted by atomic mass is 10.1. The molecule has 1 heterocycles. The van der Waals surface area contributed by atoms with E-state index in [1.807, 2.05) is 10.8 Å². The molecule has 0 amide bonds. The molecule has 17 heavy (non-hydrogen) atoms. The van der Waals surface area contributed by atoms with Crippen molar-refractivity contribution in [3.05, 3.63) is 47.8 Å². The average molecular weight is 234 g/mol. The van der Waals surface area contributed by atoms with Gasteiger partial charge in [0.25, 0.3) is 0 Å². The van der Waals surface area contributed by atoms with Crippen LogP contribution < -0.4 is 0 Å². The molecule has 3 nitrogen and oxygen atoms in total. The predicted molar refractivity (Wildman–Crippen MR) is 63.4 cm³/mol. The lowest BCUT2D eigenvalue weighted by Crippen LogP contribution is -2.03. The van der Waals surface area contributed by atoms with E-state index in [9.17, 15) is 9.50 Å². The molecule has 0 atom stereocenters. The van der Waals surface area contributed by atoms with Crippen molar-refractivity contribution in [1.82, 2.24) is 9.55 Å². The molecular weight excluding hydrogens is 219 g/mol. The van der Waals surface area contributed by atoms with Gasteiger partial charge in [-0.15, -0.1) is 0 Å². The van der Waals surface area contributed by atoms with Crippen LogP contribution in [-0.2, 0) is 13.0 Å². The molecule has 1 aromatic heterocycles. The number of phenols is 1. The van der Waals surface area contributed by atoms with Crippen LogP contribution in [0.25, 0.3) is 0 Å². The number of nitrogens with zero attached hydrogens (tertiary/aromatic N) is 2. The van der Waals surface area contributed by atoms with Gasteiger partial charge in [-0.25, -0.2) is 9.37 Å². The van der Waals surface area contributed by atoms with Crippen molar-refractivity contribution in [2.24, 2.45) is 0 Å². The molecular formula is C13H15FN2O. The molecule has 0 fully saturated rings. The van der Waals surface area contributed by atoms with Crippen LogP contribution in [0.3, 0.4) is 0 Å². The Hall–Kier alpha value is -1.84. The van der Waals surface area contributed by atoms with Gasteiger partial charge >= 0.3 is 0 Å². The molecule has 0 aliphatic heterocycles. The smallest absolute Gasteiger partial charge is 0.126 e. The summed E-state index contributed by atoms with van der Waals surface area (Å²) in [6.07, 6.45) is 5.20. The van der Waals surface area contributed by atoms with E-state index < -0.39 is 5.82 Å². The first-order valence-corrected chi connectivity index (χ1v) is 5.68. The first kappa shape index (κ1) is 11.6. The Morgan fingerprint density at radius 2 is 2.24 bits per heavy atom. The van der Waals surface area contributed by atoms with E-state index in [0.717, 1.165) is 24.9 Å². The second-order valence-corrected chi connectivity index (χ2v) is 3.99. The molecule has 0 unspecified atom stereocenters. The highest BCUT2D eigenvalue weighted by Gasteiger charge is 2.08. The molecule has 0 bridgehead atoms. The van der Waals surface area contributed by atoms with Gasteiger partial charge in [0.2, 0.25) is 0 Å². The highest BCUT2D eigenvalue weighted by Crippen LogP contribution is 2.20. The zero-order valence-corrected chi connectivity index (χ0v) is 9.73. The van der Waals surface area contributed by atoms with Gasteiger partial charge < -0.3 is 9.67 Å². The molecule has 2 rings (SSSR count). The number of imidazole rings is 1. The van der Waals surface area contributed by atoms with Crippen LogP contribution in [0.5, 0.6) is 5.75 Å². The Morgan fingerprint density at radius 3 is 2.94 bits per heavy atom. The number of aryl methyl sites for hydroxylation is 1. The fourth-order valence-corrected chi connectivity index (χ4v) is 1.81. The van der Waals surface area contributed by atoms with Gasteiger partial charge in [0.1, 0.15) is 17.4 Å². The summed E-state index contributed by atoms with van der Waals surface area (Å²) in [5, 5.41) is 9.63. The van der Waals surface area contributed by atoms with Gasteiger partial charge in [0.05, 0.1) is 0 Å². The molecule has 2 aromatic rings. The van der Waals surface area contributed by atoms with E-state index in [-0.39, 0.29) is 5.75 Å². The molecule has 1 N–H and O–H groups in total. The molecule has 0 aliphatic carbocycles. The zero-order chi connectivity index (χ0) is 12.3. The number of aromatic nitrogens is 2. The topological polar surface area (TPSA) is 38.0 Å². The molecule has 1 aromatic carbocycles. The SMILES string of the molecule is CCCn1ccnc1Cc1ccc(F)cc1O. The molecule has 0 radical (unpaired) electrons. The van der Waals surface area contributed by atoms with E-state index in [1.165, 1.54) is 6.07 Å². The van der Waals surface area contributed by atoms with Crippen molar-refractivity contribution in [2.45, 2.75) is 26.3 Å². The van der Waals surface area contributed by atoms with Crippen LogP contribution in [0.2, 0.25) is 0 Å². The van der Waals surface area contributed by atoms with E-state index in [4.69, 9.17) is 0 Å². The third-order valence-corrected chi connectivity index (χ3v) is 2.66. The largest absolute Gasteiger partial charge is 0.508 e. The standard InChI is InChI=1S/C13H15FN2O/c1-2-6-16-7-5-15-13(16)8-10-3-4-11(14)9-12(10)17/h3-5,7,9,17H,2,6,8H2,1H3. The molecule has 90 valence electrons. The summed E-state index contributed by atoms with van der Waals surface area (Å²) in [7, 11) is 0. The monoisotopic (exact) mass is 234 g/mol. The number of hydrogen-bond acceptors (Lipinski definition) is 2. The first-order valence-electron chi connectivity index (χ1n) is 5.68. The summed E-state index contributed by atoms with van der Waals surface area (Å²) in [6, 6.07) is 4.07. The number of phenolic OH excluding ortho intramolecular Hbond substituents is 1. The quantitative estimate of drug-likeness (QED) is 0.883. The van der Waals surface area contributed by atoms with Gasteiger partial charge in [-0.05, 0) is 12.5 Å². The second kappa shape index (κ2) is 4.99. The lowest BCUT2D eigenvalue weighted by Gasteiger charge is -2.07. The van der Waals surface area contributed by atoms with Gasteiger partial charge in [-0.2, -0.15) is 0 Å². The minimum absolute atomic E-state index is 0.0175. The molecule has 0 aliphatic rings. The maximum absolute atomic E-state index is 12.8. The van der Waals surface area contributed by atoms with Crippen molar-refractivity contribution in [3.8, 4) is 5.75 Å². The fraction of sp³-hybridized carbons (Fsp3) is 0.308. The minimum Gasteiger partial charge on any atom is -0.508 e. The average Bonchev–Trinajstić information content (AvgIpc) is 2.71. The maximum atomic E-state index is 12.8. The van der Waals surface area contributed by atoms with Gasteiger partial charge in [0.15, 0.2) is 0 Å². The summed E-state index contributed by atoms with van der Waals surface area (Å²) >= 11 is 0. The molecule has 0 saturated carbocycles. The normalized spacial score (nSPS) is 10.7. The minimum atomic E-state index is -0.428. The Morgan fingerprint density at radius 1 is 1.41 bits per heavy atom. The van der Waals surface area contributed by atoms with Crippen molar-refractivity contribution in [2.75, 3.05) is 0 Å². The summed E-state index contributed by atoms with van der Waals surface area (Å²) in [4.78, 5) is 4.25. The van der Waals surface area contributed by atoms with E-state index >= 15 is 0 Å². The Labute approximate surface area is 99.5 Å². The van der Waals surface area contributed by atoms with Crippen LogP contribution in [0.1, 0.15) is 24.7 Å². The molecule has 4 heteroatoms. The fourth-order valence-electron chi connectivity index (χ4n) is 1.81. The summed E-state index contributed by atoms with van der Waals surface area (Å²) in [6.45, 7) is 3.00. The zero-order valence-electron chi connectivity index (χ0n) is 9.73. The molecule has 0 saturated heterocycles. The second-order valence-electron chi connectivity index (χ2n) is 3.99. The highest BCUT2D eigenvalue weighted by atomic mass is 19.1. The van der Waals surface area contributed by atoms with Gasteiger partial charge in [-0.1, -0.05) is 13.0 Å². The summed E-state index contributed by atoms with van der Waals surface area (Å²) in [5.74, 6) is 0.438. The number of rotatable bonds is 4. The van der Waals surface area contributed by atoms with Crippen molar-refractivity contribution in [3.63, 3.8) is 0 Å². The Bertz CT molecular complexity index is 508. The number of halogens is 1. The van der Waals surface area contributed by atoms with Crippen LogP contribution in [0.4, 0.5) is 4.39 Å². The predicted octanol–water partition coefficient (Wildman–Crippen LogP) is 2.73. The summed E-state index contributed by atoms with van der Waals surface area (Å²) in [5.41, 5.74) is 0.690. The van der Waals surface area contributed by atoms with Crippen LogP contribution >= 0.6 is 0 Å². The highest BCUT2D eigenvalue weighted by molar-refractivity contribution is 5.34. The van der Waals surface area contributed by atoms with Crippen LogP contribution in [-0.4, -0.2) is 14.7 Å². The number of hydrogen-bond donors (Lipinski definition) is 1. The lowest BCUT2D eigenvalue weighted by molar-refractivity contribution is 0.462. The first-order chi connectivity index (χ1) is 8.20. The number of aromatic hydroxyl groups is 1. The Kier molecular flexibility index (Phi) is 3.42. The molecule has 0 spiro atoms. The van der Waals surface area contributed by atoms with Crippen molar-refractivity contribution < 1.29 is 9.50 Å². The third-order valence-electron chi connectivity index (χ3n) is 2.66.